The molecule has 0 saturated heterocycles. The molecule has 2 rings (SSSR count). The van der Waals surface area contributed by atoms with Crippen LogP contribution in [0.3, 0.4) is 0 Å². The fourth-order valence-corrected chi connectivity index (χ4v) is 2.32. The van der Waals surface area contributed by atoms with Crippen molar-refractivity contribution in [1.82, 2.24) is 4.98 Å². The van der Waals surface area contributed by atoms with Crippen molar-refractivity contribution >= 4 is 27.6 Å². The number of rotatable bonds is 4. The van der Waals surface area contributed by atoms with Crippen LogP contribution in [0.2, 0.25) is 0 Å². The van der Waals surface area contributed by atoms with Crippen LogP contribution in [-0.2, 0) is 6.54 Å². The first-order chi connectivity index (χ1) is 9.50. The third-order valence-electron chi connectivity index (χ3n) is 2.83. The lowest BCUT2D eigenvalue weighted by atomic mass is 10.2. The number of nitrogens with zero attached hydrogens (tertiary/aromatic N) is 2. The van der Waals surface area contributed by atoms with E-state index >= 15 is 0 Å². The number of carboxylic acids is 1. The second-order valence-corrected chi connectivity index (χ2v) is 5.04. The first kappa shape index (κ1) is 14.5. The molecule has 0 bridgehead atoms. The maximum absolute atomic E-state index is 14.2. The average molecular weight is 339 g/mol. The van der Waals surface area contributed by atoms with Crippen molar-refractivity contribution in [2.45, 2.75) is 6.54 Å². The zero-order chi connectivity index (χ0) is 14.7. The SMILES string of the molecule is CN(Cc1ccccn1)c1ccc(C(=O)O)c(Br)c1F. The number of anilines is 1. The quantitative estimate of drug-likeness (QED) is 0.929. The highest BCUT2D eigenvalue weighted by molar-refractivity contribution is 9.10. The van der Waals surface area contributed by atoms with E-state index in [-0.39, 0.29) is 10.0 Å². The molecule has 20 heavy (non-hydrogen) atoms. The van der Waals surface area contributed by atoms with Crippen LogP contribution in [0.5, 0.6) is 0 Å². The first-order valence-electron chi connectivity index (χ1n) is 5.83. The van der Waals surface area contributed by atoms with Crippen LogP contribution in [0.1, 0.15) is 16.1 Å². The molecule has 0 radical (unpaired) electrons. The molecular weight excluding hydrogens is 327 g/mol. The van der Waals surface area contributed by atoms with Crippen molar-refractivity contribution < 1.29 is 14.3 Å². The number of hydrogen-bond donors (Lipinski definition) is 1. The van der Waals surface area contributed by atoms with Crippen LogP contribution in [0.15, 0.2) is 41.0 Å². The highest BCUT2D eigenvalue weighted by atomic mass is 79.9. The second kappa shape index (κ2) is 6.00. The molecule has 1 N–H and O–H groups in total. The highest BCUT2D eigenvalue weighted by Crippen LogP contribution is 2.29. The Kier molecular flexibility index (Phi) is 4.34. The van der Waals surface area contributed by atoms with Crippen LogP contribution in [0.4, 0.5) is 10.1 Å². The molecule has 1 aromatic carbocycles. The molecular formula is C14H12BrFN2O2. The van der Waals surface area contributed by atoms with Crippen LogP contribution >= 0.6 is 15.9 Å². The predicted molar refractivity (Wildman–Crippen MR) is 77.4 cm³/mol. The van der Waals surface area contributed by atoms with Crippen molar-refractivity contribution in [3.63, 3.8) is 0 Å². The average Bonchev–Trinajstić information content (AvgIpc) is 2.42. The van der Waals surface area contributed by atoms with Gasteiger partial charge in [-0.1, -0.05) is 6.07 Å². The van der Waals surface area contributed by atoms with Crippen molar-refractivity contribution in [2.75, 3.05) is 11.9 Å². The minimum absolute atomic E-state index is 0.0460. The van der Waals surface area contributed by atoms with Gasteiger partial charge in [0.05, 0.1) is 28.0 Å². The summed E-state index contributed by atoms with van der Waals surface area (Å²) in [5.41, 5.74) is 1.01. The van der Waals surface area contributed by atoms with Gasteiger partial charge in [-0.3, -0.25) is 4.98 Å². The molecule has 104 valence electrons. The number of carboxylic acid groups (broad SMARTS) is 1. The summed E-state index contributed by atoms with van der Waals surface area (Å²) in [6.07, 6.45) is 1.67. The number of carbonyl (C=O) groups is 1. The molecule has 6 heteroatoms. The van der Waals surface area contributed by atoms with E-state index in [1.54, 1.807) is 18.1 Å². The van der Waals surface area contributed by atoms with E-state index in [0.29, 0.717) is 12.2 Å². The van der Waals surface area contributed by atoms with Gasteiger partial charge in [-0.05, 0) is 40.2 Å². The number of hydrogen-bond acceptors (Lipinski definition) is 3. The summed E-state index contributed by atoms with van der Waals surface area (Å²) < 4.78 is 14.2. The molecule has 0 aliphatic rings. The van der Waals surface area contributed by atoms with Gasteiger partial charge in [0.2, 0.25) is 0 Å². The van der Waals surface area contributed by atoms with Gasteiger partial charge in [-0.25, -0.2) is 9.18 Å². The summed E-state index contributed by atoms with van der Waals surface area (Å²) in [7, 11) is 1.72. The number of halogens is 2. The van der Waals surface area contributed by atoms with E-state index in [4.69, 9.17) is 5.11 Å². The molecule has 0 aliphatic carbocycles. The fourth-order valence-electron chi connectivity index (χ4n) is 1.82. The van der Waals surface area contributed by atoms with Gasteiger partial charge in [0.25, 0.3) is 0 Å². The lowest BCUT2D eigenvalue weighted by Gasteiger charge is -2.20. The summed E-state index contributed by atoms with van der Waals surface area (Å²) >= 11 is 2.99. The Balaban J connectivity index is 2.29. The predicted octanol–water partition coefficient (Wildman–Crippen LogP) is 3.32. The highest BCUT2D eigenvalue weighted by Gasteiger charge is 2.18. The summed E-state index contributed by atoms with van der Waals surface area (Å²) in [5, 5.41) is 8.93. The molecule has 0 aliphatic heterocycles. The Morgan fingerprint density at radius 2 is 2.15 bits per heavy atom. The summed E-state index contributed by atoms with van der Waals surface area (Å²) in [6.45, 7) is 0.427. The van der Waals surface area contributed by atoms with Crippen molar-refractivity contribution in [3.8, 4) is 0 Å². The molecule has 0 atom stereocenters. The third-order valence-corrected chi connectivity index (χ3v) is 3.60. The maximum Gasteiger partial charge on any atom is 0.336 e. The Bertz CT molecular complexity index is 635. The zero-order valence-corrected chi connectivity index (χ0v) is 12.3. The summed E-state index contributed by atoms with van der Waals surface area (Å²) in [6, 6.07) is 8.33. The van der Waals surface area contributed by atoms with Gasteiger partial charge in [0.1, 0.15) is 0 Å². The second-order valence-electron chi connectivity index (χ2n) is 4.24. The number of aromatic nitrogens is 1. The van der Waals surface area contributed by atoms with E-state index in [2.05, 4.69) is 20.9 Å². The van der Waals surface area contributed by atoms with Crippen LogP contribution in [-0.4, -0.2) is 23.1 Å². The number of aromatic carboxylic acids is 1. The van der Waals surface area contributed by atoms with Gasteiger partial charge in [-0.2, -0.15) is 0 Å². The van der Waals surface area contributed by atoms with Crippen molar-refractivity contribution in [2.24, 2.45) is 0 Å². The monoisotopic (exact) mass is 338 g/mol. The fraction of sp³-hybridized carbons (Fsp3) is 0.143. The number of benzene rings is 1. The molecule has 4 nitrogen and oxygen atoms in total. The van der Waals surface area contributed by atoms with Gasteiger partial charge in [0.15, 0.2) is 5.82 Å². The molecule has 2 aromatic rings. The molecule has 0 amide bonds. The van der Waals surface area contributed by atoms with Crippen LogP contribution < -0.4 is 4.90 Å². The van der Waals surface area contributed by atoms with E-state index in [9.17, 15) is 9.18 Å². The molecule has 1 aromatic heterocycles. The molecule has 1 heterocycles. The van der Waals surface area contributed by atoms with Crippen molar-refractivity contribution in [1.29, 1.82) is 0 Å². The van der Waals surface area contributed by atoms with E-state index in [0.717, 1.165) is 5.69 Å². The maximum atomic E-state index is 14.2. The molecule has 0 spiro atoms. The summed E-state index contributed by atoms with van der Waals surface area (Å²) in [4.78, 5) is 16.8. The molecule has 0 fully saturated rings. The van der Waals surface area contributed by atoms with Gasteiger partial charge in [0, 0.05) is 13.2 Å². The van der Waals surface area contributed by atoms with E-state index in [1.165, 1.54) is 12.1 Å². The van der Waals surface area contributed by atoms with E-state index < -0.39 is 11.8 Å². The van der Waals surface area contributed by atoms with Crippen LogP contribution in [0.25, 0.3) is 0 Å². The van der Waals surface area contributed by atoms with Gasteiger partial charge in [-0.15, -0.1) is 0 Å². The Morgan fingerprint density at radius 1 is 1.40 bits per heavy atom. The minimum Gasteiger partial charge on any atom is -0.478 e. The third kappa shape index (κ3) is 2.96. The normalized spacial score (nSPS) is 10.3. The molecule has 0 unspecified atom stereocenters. The smallest absolute Gasteiger partial charge is 0.336 e. The zero-order valence-electron chi connectivity index (χ0n) is 10.7. The van der Waals surface area contributed by atoms with Gasteiger partial charge < -0.3 is 10.0 Å². The standard InChI is InChI=1S/C14H12BrFN2O2/c1-18(8-9-4-2-3-7-17-9)11-6-5-10(14(19)20)12(15)13(11)16/h2-7H,8H2,1H3,(H,19,20). The Morgan fingerprint density at radius 3 is 2.75 bits per heavy atom. The Labute approximate surface area is 124 Å². The van der Waals surface area contributed by atoms with Crippen LogP contribution in [0, 0.1) is 5.82 Å². The van der Waals surface area contributed by atoms with Gasteiger partial charge >= 0.3 is 5.97 Å². The topological polar surface area (TPSA) is 53.4 Å². The lowest BCUT2D eigenvalue weighted by molar-refractivity contribution is 0.0695. The minimum atomic E-state index is -1.17. The van der Waals surface area contributed by atoms with E-state index in [1.807, 2.05) is 18.2 Å². The largest absolute Gasteiger partial charge is 0.478 e. The summed E-state index contributed by atoms with van der Waals surface area (Å²) in [5.74, 6) is -1.77. The van der Waals surface area contributed by atoms with Crippen molar-refractivity contribution in [3.05, 3.63) is 58.1 Å². The Hall–Kier alpha value is -1.95. The first-order valence-corrected chi connectivity index (χ1v) is 6.62. The molecule has 0 saturated carbocycles. The number of pyridine rings is 1. The lowest BCUT2D eigenvalue weighted by Crippen LogP contribution is -2.19.